The number of hydrogen-bond donors (Lipinski definition) is 0. The Balaban J connectivity index is 1.28. The summed E-state index contributed by atoms with van der Waals surface area (Å²) < 4.78 is 25.8. The van der Waals surface area contributed by atoms with Gasteiger partial charge in [0, 0.05) is 12.2 Å². The highest BCUT2D eigenvalue weighted by Gasteiger charge is 2.11. The molecule has 2 aromatic carbocycles. The molecule has 6 nitrogen and oxygen atoms in total. The van der Waals surface area contributed by atoms with Gasteiger partial charge in [0.1, 0.15) is 6.61 Å². The summed E-state index contributed by atoms with van der Waals surface area (Å²) in [5.74, 6) is 0.128. The van der Waals surface area contributed by atoms with E-state index in [-0.39, 0.29) is 5.75 Å². The van der Waals surface area contributed by atoms with Crippen molar-refractivity contribution in [3.8, 4) is 17.1 Å². The highest BCUT2D eigenvalue weighted by Crippen LogP contribution is 2.24. The van der Waals surface area contributed by atoms with Crippen molar-refractivity contribution in [3.63, 3.8) is 0 Å². The minimum absolute atomic E-state index is 0.198. The second-order valence-corrected chi connectivity index (χ2v) is 10.5. The van der Waals surface area contributed by atoms with Crippen LogP contribution in [0.3, 0.4) is 0 Å². The predicted octanol–water partition coefficient (Wildman–Crippen LogP) is 7.24. The molecule has 0 N–H and O–H groups in total. The highest BCUT2D eigenvalue weighted by atomic mass is 19.1. The number of rotatable bonds is 16. The zero-order valence-electron chi connectivity index (χ0n) is 22.1. The lowest BCUT2D eigenvalue weighted by molar-refractivity contribution is 0.116. The number of halogens is 1. The van der Waals surface area contributed by atoms with Crippen LogP contribution in [0.1, 0.15) is 77.7 Å². The number of aromatic nitrogens is 4. The van der Waals surface area contributed by atoms with Gasteiger partial charge in [-0.1, -0.05) is 89.6 Å². The Bertz CT molecular complexity index is 1020. The van der Waals surface area contributed by atoms with Crippen LogP contribution in [0.5, 0.6) is 5.75 Å². The van der Waals surface area contributed by atoms with Crippen LogP contribution in [0.25, 0.3) is 11.4 Å². The molecule has 1 aromatic heterocycles. The second-order valence-electron chi connectivity index (χ2n) is 10.5. The van der Waals surface area contributed by atoms with Crippen LogP contribution < -0.4 is 4.74 Å². The zero-order valence-corrected chi connectivity index (χ0v) is 22.1. The van der Waals surface area contributed by atoms with Crippen molar-refractivity contribution in [1.82, 2.24) is 20.2 Å². The summed E-state index contributed by atoms with van der Waals surface area (Å²) in [5.41, 5.74) is 2.00. The van der Waals surface area contributed by atoms with Gasteiger partial charge < -0.3 is 9.47 Å². The molecule has 196 valence electrons. The van der Waals surface area contributed by atoms with E-state index in [2.05, 4.69) is 36.2 Å². The van der Waals surface area contributed by atoms with Crippen molar-refractivity contribution in [2.45, 2.75) is 85.3 Å². The molecular weight excluding hydrogens is 455 g/mol. The molecule has 0 radical (unpaired) electrons. The van der Waals surface area contributed by atoms with Crippen molar-refractivity contribution in [2.75, 3.05) is 13.2 Å². The normalized spacial score (nSPS) is 11.7. The van der Waals surface area contributed by atoms with Crippen molar-refractivity contribution in [2.24, 2.45) is 5.41 Å². The van der Waals surface area contributed by atoms with Crippen LogP contribution in [0.15, 0.2) is 48.5 Å². The third kappa shape index (κ3) is 10.4. The molecule has 0 saturated carbocycles. The molecule has 1 heterocycles. The Morgan fingerprint density at radius 2 is 1.58 bits per heavy atom. The predicted molar refractivity (Wildman–Crippen MR) is 141 cm³/mol. The van der Waals surface area contributed by atoms with Gasteiger partial charge in [0.2, 0.25) is 5.82 Å². The minimum Gasteiger partial charge on any atom is -0.486 e. The van der Waals surface area contributed by atoms with Gasteiger partial charge in [-0.2, -0.15) is 4.80 Å². The average molecular weight is 497 g/mol. The number of hydrogen-bond acceptors (Lipinski definition) is 5. The fraction of sp³-hybridized carbons (Fsp3) is 0.552. The molecule has 0 spiro atoms. The van der Waals surface area contributed by atoms with Gasteiger partial charge in [-0.25, -0.2) is 4.39 Å². The smallest absolute Gasteiger partial charge is 0.205 e. The maximum absolute atomic E-state index is 14.5. The third-order valence-electron chi connectivity index (χ3n) is 6.03. The zero-order chi connectivity index (χ0) is 25.6. The lowest BCUT2D eigenvalue weighted by atomic mass is 9.89. The first-order valence-electron chi connectivity index (χ1n) is 13.2. The van der Waals surface area contributed by atoms with Crippen molar-refractivity contribution >= 4 is 0 Å². The largest absolute Gasteiger partial charge is 0.486 e. The second kappa shape index (κ2) is 14.7. The lowest BCUT2D eigenvalue weighted by Gasteiger charge is -2.17. The molecule has 0 fully saturated rings. The SMILES string of the molecule is CC(C)(C)CCCCCCCCCOCCn1nnc(-c2ccc(OCc3ccccc3)c(F)c2)n1. The Hall–Kier alpha value is -2.80. The van der Waals surface area contributed by atoms with Gasteiger partial charge in [-0.05, 0) is 47.2 Å². The number of unbranched alkanes of at least 4 members (excludes halogenated alkanes) is 6. The number of benzene rings is 2. The molecule has 7 heteroatoms. The van der Waals surface area contributed by atoms with Crippen LogP contribution in [0, 0.1) is 11.2 Å². The summed E-state index contributed by atoms with van der Waals surface area (Å²) in [6, 6.07) is 14.4. The summed E-state index contributed by atoms with van der Waals surface area (Å²) in [4.78, 5) is 1.49. The summed E-state index contributed by atoms with van der Waals surface area (Å²) in [6.45, 7) is 9.05. The van der Waals surface area contributed by atoms with Crippen LogP contribution in [-0.2, 0) is 17.9 Å². The first-order valence-corrected chi connectivity index (χ1v) is 13.2. The Labute approximate surface area is 215 Å². The van der Waals surface area contributed by atoms with E-state index in [1.807, 2.05) is 30.3 Å². The maximum Gasteiger partial charge on any atom is 0.205 e. The molecule has 36 heavy (non-hydrogen) atoms. The van der Waals surface area contributed by atoms with E-state index in [4.69, 9.17) is 9.47 Å². The van der Waals surface area contributed by atoms with Gasteiger partial charge in [0.05, 0.1) is 13.2 Å². The Morgan fingerprint density at radius 3 is 2.31 bits per heavy atom. The summed E-state index contributed by atoms with van der Waals surface area (Å²) in [6.07, 6.45) is 10.2. The fourth-order valence-electron chi connectivity index (χ4n) is 3.94. The van der Waals surface area contributed by atoms with Gasteiger partial charge in [0.15, 0.2) is 11.6 Å². The van der Waals surface area contributed by atoms with E-state index in [9.17, 15) is 4.39 Å². The quantitative estimate of drug-likeness (QED) is 0.196. The first-order chi connectivity index (χ1) is 17.4. The van der Waals surface area contributed by atoms with Gasteiger partial charge in [0.25, 0.3) is 0 Å². The van der Waals surface area contributed by atoms with Gasteiger partial charge >= 0.3 is 0 Å². The van der Waals surface area contributed by atoms with E-state index >= 15 is 0 Å². The van der Waals surface area contributed by atoms with Crippen molar-refractivity contribution in [1.29, 1.82) is 0 Å². The van der Waals surface area contributed by atoms with Crippen LogP contribution in [0.4, 0.5) is 4.39 Å². The molecule has 0 saturated heterocycles. The molecule has 3 rings (SSSR count). The molecule has 0 unspecified atom stereocenters. The molecule has 0 aliphatic rings. The highest BCUT2D eigenvalue weighted by molar-refractivity contribution is 5.55. The topological polar surface area (TPSA) is 62.1 Å². The third-order valence-corrected chi connectivity index (χ3v) is 6.03. The van der Waals surface area contributed by atoms with Crippen LogP contribution in [0.2, 0.25) is 0 Å². The molecular formula is C29H41FN4O2. The van der Waals surface area contributed by atoms with E-state index in [0.29, 0.717) is 36.6 Å². The Kier molecular flexibility index (Phi) is 11.3. The van der Waals surface area contributed by atoms with E-state index < -0.39 is 5.82 Å². The summed E-state index contributed by atoms with van der Waals surface area (Å²) in [5, 5.41) is 12.5. The van der Waals surface area contributed by atoms with Crippen molar-refractivity contribution in [3.05, 3.63) is 59.9 Å². The average Bonchev–Trinajstić information content (AvgIpc) is 3.33. The van der Waals surface area contributed by atoms with Crippen LogP contribution in [-0.4, -0.2) is 33.4 Å². The molecule has 0 atom stereocenters. The monoisotopic (exact) mass is 496 g/mol. The van der Waals surface area contributed by atoms with Crippen molar-refractivity contribution < 1.29 is 13.9 Å². The fourth-order valence-corrected chi connectivity index (χ4v) is 3.94. The first kappa shape index (κ1) is 27.8. The summed E-state index contributed by atoms with van der Waals surface area (Å²) >= 11 is 0. The van der Waals surface area contributed by atoms with Gasteiger partial charge in [-0.3, -0.25) is 0 Å². The number of ether oxygens (including phenoxy) is 2. The lowest BCUT2D eigenvalue weighted by Crippen LogP contribution is -2.09. The molecule has 0 aliphatic heterocycles. The summed E-state index contributed by atoms with van der Waals surface area (Å²) in [7, 11) is 0. The van der Waals surface area contributed by atoms with Crippen LogP contribution >= 0.6 is 0 Å². The number of nitrogens with zero attached hydrogens (tertiary/aromatic N) is 4. The van der Waals surface area contributed by atoms with E-state index in [1.165, 1.54) is 55.8 Å². The molecule has 3 aromatic rings. The minimum atomic E-state index is -0.451. The van der Waals surface area contributed by atoms with E-state index in [1.54, 1.807) is 12.1 Å². The maximum atomic E-state index is 14.5. The van der Waals surface area contributed by atoms with E-state index in [0.717, 1.165) is 18.6 Å². The molecule has 0 bridgehead atoms. The van der Waals surface area contributed by atoms with Gasteiger partial charge in [-0.15, -0.1) is 10.2 Å². The molecule has 0 amide bonds. The Morgan fingerprint density at radius 1 is 0.861 bits per heavy atom. The molecule has 0 aliphatic carbocycles. The number of tetrazole rings is 1. The standard InChI is InChI=1S/C29H41FN4O2/c1-29(2,3)18-12-7-5-4-6-8-13-20-35-21-19-34-32-28(31-33-34)25-16-17-27(26(30)22-25)36-23-24-14-10-9-11-15-24/h9-11,14-17,22H,4-8,12-13,18-21,23H2,1-3H3.